The van der Waals surface area contributed by atoms with Crippen LogP contribution in [0.4, 0.5) is 10.1 Å². The quantitative estimate of drug-likeness (QED) is 0.835. The maximum atomic E-state index is 13.1. The van der Waals surface area contributed by atoms with E-state index in [9.17, 15) is 9.18 Å². The summed E-state index contributed by atoms with van der Waals surface area (Å²) in [5.74, 6) is -0.890. The number of nitrogen functional groups attached to an aromatic ring is 1. The number of nitrogens with two attached hydrogens (primary N) is 2. The third-order valence-electron chi connectivity index (χ3n) is 2.36. The number of benzene rings is 2. The van der Waals surface area contributed by atoms with Crippen molar-refractivity contribution in [1.29, 1.82) is 0 Å². The van der Waals surface area contributed by atoms with E-state index in [1.54, 1.807) is 30.3 Å². The fourth-order valence-electron chi connectivity index (χ4n) is 1.51. The van der Waals surface area contributed by atoms with Crippen LogP contribution in [0.5, 0.6) is 0 Å². The summed E-state index contributed by atoms with van der Waals surface area (Å²) in [6.07, 6.45) is 0. The van der Waals surface area contributed by atoms with Crippen LogP contribution in [0, 0.1) is 5.82 Å². The molecule has 2 aromatic carbocycles. The second-order valence-electron chi connectivity index (χ2n) is 3.64. The maximum absolute atomic E-state index is 13.1. The molecule has 1 amide bonds. The van der Waals surface area contributed by atoms with Gasteiger partial charge in [0.25, 0.3) is 5.91 Å². The summed E-state index contributed by atoms with van der Waals surface area (Å²) < 4.78 is 13.1. The van der Waals surface area contributed by atoms with Gasteiger partial charge in [-0.1, -0.05) is 23.9 Å². The second-order valence-corrected chi connectivity index (χ2v) is 4.76. The second kappa shape index (κ2) is 5.10. The van der Waals surface area contributed by atoms with Crippen LogP contribution in [-0.2, 0) is 0 Å². The van der Waals surface area contributed by atoms with Gasteiger partial charge in [-0.25, -0.2) is 4.39 Å². The number of rotatable bonds is 3. The Balaban J connectivity index is 2.35. The average molecular weight is 262 g/mol. The lowest BCUT2D eigenvalue weighted by molar-refractivity contribution is 0.100. The van der Waals surface area contributed by atoms with Crippen molar-refractivity contribution in [2.24, 2.45) is 5.73 Å². The van der Waals surface area contributed by atoms with Crippen molar-refractivity contribution >= 4 is 23.4 Å². The summed E-state index contributed by atoms with van der Waals surface area (Å²) in [7, 11) is 0. The molecule has 0 aliphatic rings. The van der Waals surface area contributed by atoms with Gasteiger partial charge in [-0.3, -0.25) is 4.79 Å². The van der Waals surface area contributed by atoms with Crippen molar-refractivity contribution in [3.8, 4) is 0 Å². The molecule has 0 bridgehead atoms. The zero-order valence-corrected chi connectivity index (χ0v) is 10.2. The number of para-hydroxylation sites is 1. The van der Waals surface area contributed by atoms with Crippen LogP contribution in [0.1, 0.15) is 10.4 Å². The van der Waals surface area contributed by atoms with Crippen molar-refractivity contribution in [3.05, 3.63) is 53.8 Å². The fourth-order valence-corrected chi connectivity index (χ4v) is 2.44. The molecule has 2 rings (SSSR count). The minimum absolute atomic E-state index is 0.274. The summed E-state index contributed by atoms with van der Waals surface area (Å²) in [5, 5.41) is 0. The van der Waals surface area contributed by atoms with Crippen molar-refractivity contribution in [2.45, 2.75) is 9.79 Å². The summed E-state index contributed by atoms with van der Waals surface area (Å²) in [6.45, 7) is 0. The Morgan fingerprint density at radius 3 is 2.56 bits per heavy atom. The summed E-state index contributed by atoms with van der Waals surface area (Å²) in [4.78, 5) is 12.5. The first kappa shape index (κ1) is 12.4. The SMILES string of the molecule is NC(=O)c1cccc(Sc2cccc(F)c2)c1N. The smallest absolute Gasteiger partial charge is 0.250 e. The largest absolute Gasteiger partial charge is 0.397 e. The first-order valence-corrected chi connectivity index (χ1v) is 6.01. The van der Waals surface area contributed by atoms with Crippen molar-refractivity contribution < 1.29 is 9.18 Å². The molecule has 18 heavy (non-hydrogen) atoms. The molecular formula is C13H11FN2OS. The number of hydrogen-bond donors (Lipinski definition) is 2. The Kier molecular flexibility index (Phi) is 3.53. The van der Waals surface area contributed by atoms with Crippen LogP contribution in [0.15, 0.2) is 52.3 Å². The zero-order chi connectivity index (χ0) is 13.1. The van der Waals surface area contributed by atoms with Gasteiger partial charge in [-0.2, -0.15) is 0 Å². The Morgan fingerprint density at radius 1 is 1.17 bits per heavy atom. The lowest BCUT2D eigenvalue weighted by atomic mass is 10.2. The zero-order valence-electron chi connectivity index (χ0n) is 9.39. The normalized spacial score (nSPS) is 10.3. The number of hydrogen-bond acceptors (Lipinski definition) is 3. The number of halogens is 1. The van der Waals surface area contributed by atoms with Crippen molar-refractivity contribution in [3.63, 3.8) is 0 Å². The fraction of sp³-hybridized carbons (Fsp3) is 0. The van der Waals surface area contributed by atoms with Crippen LogP contribution in [-0.4, -0.2) is 5.91 Å². The highest BCUT2D eigenvalue weighted by atomic mass is 32.2. The maximum Gasteiger partial charge on any atom is 0.250 e. The van der Waals surface area contributed by atoms with Gasteiger partial charge >= 0.3 is 0 Å². The van der Waals surface area contributed by atoms with E-state index in [-0.39, 0.29) is 11.4 Å². The molecule has 0 radical (unpaired) electrons. The monoisotopic (exact) mass is 262 g/mol. The van der Waals surface area contributed by atoms with Crippen molar-refractivity contribution in [1.82, 2.24) is 0 Å². The van der Waals surface area contributed by atoms with E-state index in [4.69, 9.17) is 11.5 Å². The van der Waals surface area contributed by atoms with E-state index in [2.05, 4.69) is 0 Å². The summed E-state index contributed by atoms with van der Waals surface area (Å²) >= 11 is 1.29. The highest BCUT2D eigenvalue weighted by molar-refractivity contribution is 7.99. The number of anilines is 1. The highest BCUT2D eigenvalue weighted by Gasteiger charge is 2.10. The number of carbonyl (C=O) groups excluding carboxylic acids is 1. The molecule has 0 saturated heterocycles. The minimum Gasteiger partial charge on any atom is -0.397 e. The number of primary amides is 1. The third-order valence-corrected chi connectivity index (χ3v) is 3.42. The standard InChI is InChI=1S/C13H11FN2OS/c14-8-3-1-4-9(7-8)18-11-6-2-5-10(12(11)15)13(16)17/h1-7H,15H2,(H2,16,17). The van der Waals surface area contributed by atoms with Gasteiger partial charge < -0.3 is 11.5 Å². The van der Waals surface area contributed by atoms with Crippen LogP contribution in [0.2, 0.25) is 0 Å². The summed E-state index contributed by atoms with van der Waals surface area (Å²) in [6, 6.07) is 11.2. The van der Waals surface area contributed by atoms with E-state index in [0.717, 1.165) is 0 Å². The first-order valence-electron chi connectivity index (χ1n) is 5.19. The first-order chi connectivity index (χ1) is 8.58. The van der Waals surface area contributed by atoms with Crippen LogP contribution in [0.25, 0.3) is 0 Å². The van der Waals surface area contributed by atoms with E-state index in [1.165, 1.54) is 23.9 Å². The molecule has 4 N–H and O–H groups in total. The van der Waals surface area contributed by atoms with Gasteiger partial charge in [0.1, 0.15) is 5.82 Å². The molecule has 0 aliphatic carbocycles. The topological polar surface area (TPSA) is 69.1 Å². The predicted octanol–water partition coefficient (Wildman–Crippen LogP) is 2.66. The van der Waals surface area contributed by atoms with E-state index >= 15 is 0 Å². The Hall–Kier alpha value is -2.01. The lowest BCUT2D eigenvalue weighted by Crippen LogP contribution is -2.13. The van der Waals surface area contributed by atoms with Crippen LogP contribution in [0.3, 0.4) is 0 Å². The Bertz CT molecular complexity index is 601. The number of amides is 1. The van der Waals surface area contributed by atoms with Crippen molar-refractivity contribution in [2.75, 3.05) is 5.73 Å². The highest BCUT2D eigenvalue weighted by Crippen LogP contribution is 2.33. The van der Waals surface area contributed by atoms with Gasteiger partial charge in [0.05, 0.1) is 11.3 Å². The molecule has 92 valence electrons. The van der Waals surface area contributed by atoms with Gasteiger partial charge in [0.2, 0.25) is 0 Å². The molecule has 0 spiro atoms. The number of carbonyl (C=O) groups is 1. The van der Waals surface area contributed by atoms with Crippen LogP contribution < -0.4 is 11.5 Å². The predicted molar refractivity (Wildman–Crippen MR) is 69.9 cm³/mol. The molecule has 0 aliphatic heterocycles. The van der Waals surface area contributed by atoms with E-state index in [1.807, 2.05) is 0 Å². The molecule has 2 aromatic rings. The average Bonchev–Trinajstić information content (AvgIpc) is 2.31. The van der Waals surface area contributed by atoms with Gasteiger partial charge in [-0.05, 0) is 30.3 Å². The Morgan fingerprint density at radius 2 is 1.89 bits per heavy atom. The molecule has 0 saturated carbocycles. The molecular weight excluding hydrogens is 251 g/mol. The van der Waals surface area contributed by atoms with E-state index < -0.39 is 5.91 Å². The molecule has 0 aromatic heterocycles. The molecule has 3 nitrogen and oxygen atoms in total. The van der Waals surface area contributed by atoms with Gasteiger partial charge in [0, 0.05) is 9.79 Å². The lowest BCUT2D eigenvalue weighted by Gasteiger charge is -2.08. The Labute approximate surface area is 108 Å². The van der Waals surface area contributed by atoms with E-state index in [0.29, 0.717) is 15.5 Å². The molecule has 0 heterocycles. The summed E-state index contributed by atoms with van der Waals surface area (Å²) in [5.41, 5.74) is 11.7. The molecule has 0 unspecified atom stereocenters. The van der Waals surface area contributed by atoms with Gasteiger partial charge in [0.15, 0.2) is 0 Å². The minimum atomic E-state index is -0.575. The van der Waals surface area contributed by atoms with Gasteiger partial charge in [-0.15, -0.1) is 0 Å². The molecule has 0 fully saturated rings. The van der Waals surface area contributed by atoms with Crippen LogP contribution >= 0.6 is 11.8 Å². The third kappa shape index (κ3) is 2.62. The molecule has 5 heteroatoms. The molecule has 0 atom stereocenters.